The average molecular weight is 322 g/mol. The minimum Gasteiger partial charge on any atom is -0.466 e. The number of allylic oxidation sites excluding steroid dienone is 1. The van der Waals surface area contributed by atoms with Crippen LogP contribution in [0.25, 0.3) is 0 Å². The first-order valence-corrected chi connectivity index (χ1v) is 8.62. The lowest BCUT2D eigenvalue weighted by Gasteiger charge is -2.56. The molecule has 0 saturated heterocycles. The summed E-state index contributed by atoms with van der Waals surface area (Å²) in [7, 11) is 0. The molecule has 0 amide bonds. The molecule has 1 fully saturated rings. The first kappa shape index (κ1) is 18.0. The van der Waals surface area contributed by atoms with Gasteiger partial charge in [-0.05, 0) is 29.6 Å². The van der Waals surface area contributed by atoms with Crippen molar-refractivity contribution in [2.75, 3.05) is 13.2 Å². The van der Waals surface area contributed by atoms with Crippen LogP contribution in [0.4, 0.5) is 0 Å². The second kappa shape index (κ2) is 6.66. The summed E-state index contributed by atoms with van der Waals surface area (Å²) in [5.74, 6) is 0.230. The van der Waals surface area contributed by atoms with Gasteiger partial charge >= 0.3 is 11.9 Å². The summed E-state index contributed by atoms with van der Waals surface area (Å²) in [6.07, 6.45) is 8.01. The smallest absolute Gasteiger partial charge is 0.302 e. The maximum atomic E-state index is 11.3. The van der Waals surface area contributed by atoms with Crippen LogP contribution in [0.1, 0.15) is 53.9 Å². The Hall–Kier alpha value is -1.32. The van der Waals surface area contributed by atoms with E-state index in [0.717, 1.165) is 6.42 Å². The highest BCUT2D eigenvalue weighted by molar-refractivity contribution is 5.66. The van der Waals surface area contributed by atoms with Crippen molar-refractivity contribution in [3.05, 3.63) is 12.2 Å². The molecule has 1 saturated carbocycles. The van der Waals surface area contributed by atoms with E-state index in [1.54, 1.807) is 0 Å². The number of esters is 2. The van der Waals surface area contributed by atoms with Gasteiger partial charge < -0.3 is 9.47 Å². The Morgan fingerprint density at radius 3 is 2.22 bits per heavy atom. The van der Waals surface area contributed by atoms with Crippen molar-refractivity contribution >= 4 is 11.9 Å². The fourth-order valence-electron chi connectivity index (χ4n) is 4.81. The summed E-state index contributed by atoms with van der Waals surface area (Å²) in [5.41, 5.74) is 0.307. The molecule has 0 spiro atoms. The van der Waals surface area contributed by atoms with Crippen LogP contribution in [0.2, 0.25) is 0 Å². The lowest BCUT2D eigenvalue weighted by atomic mass is 9.49. The lowest BCUT2D eigenvalue weighted by molar-refractivity contribution is -0.152. The molecule has 0 bridgehead atoms. The van der Waals surface area contributed by atoms with E-state index >= 15 is 0 Å². The van der Waals surface area contributed by atoms with Gasteiger partial charge in [-0.3, -0.25) is 9.59 Å². The molecule has 2 aliphatic rings. The van der Waals surface area contributed by atoms with Crippen molar-refractivity contribution in [3.63, 3.8) is 0 Å². The Morgan fingerprint density at radius 1 is 1.00 bits per heavy atom. The highest BCUT2D eigenvalue weighted by atomic mass is 16.5. The molecule has 0 radical (unpaired) electrons. The quantitative estimate of drug-likeness (QED) is 0.584. The van der Waals surface area contributed by atoms with Crippen molar-refractivity contribution < 1.29 is 19.1 Å². The van der Waals surface area contributed by atoms with Gasteiger partial charge in [0.05, 0.1) is 13.2 Å². The molecule has 0 aromatic rings. The van der Waals surface area contributed by atoms with Crippen molar-refractivity contribution in [3.8, 4) is 0 Å². The number of hydrogen-bond donors (Lipinski definition) is 0. The summed E-state index contributed by atoms with van der Waals surface area (Å²) >= 11 is 0. The molecule has 3 unspecified atom stereocenters. The van der Waals surface area contributed by atoms with Crippen LogP contribution >= 0.6 is 0 Å². The number of fused-ring (bicyclic) bond motifs is 1. The predicted octanol–water partition coefficient (Wildman–Crippen LogP) is 3.75. The van der Waals surface area contributed by atoms with E-state index in [1.807, 2.05) is 0 Å². The van der Waals surface area contributed by atoms with Gasteiger partial charge in [-0.25, -0.2) is 0 Å². The number of carbonyl (C=O) groups excluding carboxylic acids is 2. The van der Waals surface area contributed by atoms with Crippen LogP contribution in [-0.4, -0.2) is 25.2 Å². The lowest BCUT2D eigenvalue weighted by Crippen LogP contribution is -2.51. The molecule has 0 heterocycles. The minimum atomic E-state index is -0.263. The van der Waals surface area contributed by atoms with E-state index < -0.39 is 0 Å². The maximum absolute atomic E-state index is 11.3. The van der Waals surface area contributed by atoms with Crippen LogP contribution < -0.4 is 0 Å². The molecular weight excluding hydrogens is 292 g/mol. The monoisotopic (exact) mass is 322 g/mol. The van der Waals surface area contributed by atoms with Gasteiger partial charge in [-0.1, -0.05) is 39.3 Å². The second-order valence-corrected chi connectivity index (χ2v) is 8.09. The molecule has 4 heteroatoms. The van der Waals surface area contributed by atoms with Crippen LogP contribution in [0.5, 0.6) is 0 Å². The zero-order chi connectivity index (χ0) is 17.3. The van der Waals surface area contributed by atoms with Crippen LogP contribution in [0.15, 0.2) is 12.2 Å². The molecule has 2 aliphatic carbocycles. The van der Waals surface area contributed by atoms with Gasteiger partial charge in [0.25, 0.3) is 0 Å². The summed E-state index contributed by atoms with van der Waals surface area (Å²) in [4.78, 5) is 22.5. The highest BCUT2D eigenvalue weighted by Crippen LogP contribution is 2.58. The minimum absolute atomic E-state index is 0.0662. The predicted molar refractivity (Wildman–Crippen MR) is 88.6 cm³/mol. The summed E-state index contributed by atoms with van der Waals surface area (Å²) in [6, 6.07) is 0. The van der Waals surface area contributed by atoms with E-state index in [2.05, 4.69) is 32.9 Å². The molecule has 0 aliphatic heterocycles. The van der Waals surface area contributed by atoms with Crippen molar-refractivity contribution in [2.45, 2.75) is 53.9 Å². The Bertz CT molecular complexity index is 494. The fraction of sp³-hybridized carbons (Fsp3) is 0.789. The van der Waals surface area contributed by atoms with Crippen molar-refractivity contribution in [1.82, 2.24) is 0 Å². The molecule has 4 atom stereocenters. The summed E-state index contributed by atoms with van der Waals surface area (Å²) < 4.78 is 10.7. The number of hydrogen-bond acceptors (Lipinski definition) is 4. The first-order chi connectivity index (χ1) is 10.7. The van der Waals surface area contributed by atoms with E-state index in [4.69, 9.17) is 9.47 Å². The fourth-order valence-corrected chi connectivity index (χ4v) is 4.81. The van der Waals surface area contributed by atoms with Gasteiger partial charge in [-0.15, -0.1) is 0 Å². The van der Waals surface area contributed by atoms with Crippen LogP contribution in [0.3, 0.4) is 0 Å². The van der Waals surface area contributed by atoms with E-state index in [1.165, 1.54) is 26.7 Å². The second-order valence-electron chi connectivity index (χ2n) is 8.09. The molecular formula is C19H30O4. The maximum Gasteiger partial charge on any atom is 0.302 e. The average Bonchev–Trinajstić information content (AvgIpc) is 2.42. The van der Waals surface area contributed by atoms with Gasteiger partial charge in [0.1, 0.15) is 0 Å². The molecule has 0 N–H and O–H groups in total. The zero-order valence-corrected chi connectivity index (χ0v) is 15.1. The Kier molecular flexibility index (Phi) is 5.22. The van der Waals surface area contributed by atoms with Crippen LogP contribution in [0, 0.1) is 28.6 Å². The first-order valence-electron chi connectivity index (χ1n) is 8.62. The summed E-state index contributed by atoms with van der Waals surface area (Å²) in [6.45, 7) is 10.6. The highest BCUT2D eigenvalue weighted by Gasteiger charge is 2.53. The molecule has 0 aromatic carbocycles. The molecule has 2 rings (SSSR count). The van der Waals surface area contributed by atoms with Gasteiger partial charge in [-0.2, -0.15) is 0 Å². The van der Waals surface area contributed by atoms with Crippen molar-refractivity contribution in [1.29, 1.82) is 0 Å². The molecule has 4 nitrogen and oxygen atoms in total. The third-order valence-corrected chi connectivity index (χ3v) is 5.95. The Balaban J connectivity index is 2.29. The molecule has 23 heavy (non-hydrogen) atoms. The normalized spacial score (nSPS) is 35.3. The Morgan fingerprint density at radius 2 is 1.61 bits per heavy atom. The largest absolute Gasteiger partial charge is 0.466 e. The molecule has 130 valence electrons. The zero-order valence-electron chi connectivity index (χ0n) is 15.1. The number of ether oxygens (including phenoxy) is 2. The topological polar surface area (TPSA) is 52.6 Å². The Labute approximate surface area is 139 Å². The van der Waals surface area contributed by atoms with Gasteiger partial charge in [0, 0.05) is 25.7 Å². The van der Waals surface area contributed by atoms with Crippen molar-refractivity contribution in [2.24, 2.45) is 28.6 Å². The van der Waals surface area contributed by atoms with E-state index in [0.29, 0.717) is 19.1 Å². The third kappa shape index (κ3) is 3.78. The van der Waals surface area contributed by atoms with Crippen LogP contribution in [-0.2, 0) is 19.1 Å². The van der Waals surface area contributed by atoms with Gasteiger partial charge in [0.15, 0.2) is 0 Å². The summed E-state index contributed by atoms with van der Waals surface area (Å²) in [5, 5.41) is 0. The SMILES string of the molecule is CC(=O)OCC1C=CC2C(C)(C)CCC[C@]2(C)C1COC(C)=O. The third-order valence-electron chi connectivity index (χ3n) is 5.95. The van der Waals surface area contributed by atoms with E-state index in [-0.39, 0.29) is 34.6 Å². The number of carbonyl (C=O) groups is 2. The van der Waals surface area contributed by atoms with E-state index in [9.17, 15) is 9.59 Å². The van der Waals surface area contributed by atoms with Gasteiger partial charge in [0.2, 0.25) is 0 Å². The number of rotatable bonds is 4. The standard InChI is InChI=1S/C19H30O4/c1-13(20)22-11-15-7-8-17-18(3,4)9-6-10-19(17,5)16(15)12-23-14(2)21/h7-8,15-17H,6,9-12H2,1-5H3/t15?,16?,17?,19-/m1/s1. The molecule has 0 aromatic heterocycles.